The summed E-state index contributed by atoms with van der Waals surface area (Å²) in [4.78, 5) is 11.5. The van der Waals surface area contributed by atoms with Gasteiger partial charge in [-0.2, -0.15) is 0 Å². The van der Waals surface area contributed by atoms with E-state index < -0.39 is 17.5 Å². The molecule has 1 aromatic carbocycles. The predicted molar refractivity (Wildman–Crippen MR) is 76.9 cm³/mol. The van der Waals surface area contributed by atoms with Crippen LogP contribution in [-0.4, -0.2) is 17.0 Å². The number of hydrogen-bond acceptors (Lipinski definition) is 2. The number of anilines is 1. The summed E-state index contributed by atoms with van der Waals surface area (Å²) in [6.45, 7) is 5.21. The second kappa shape index (κ2) is 6.58. The van der Waals surface area contributed by atoms with Gasteiger partial charge in [0.15, 0.2) is 0 Å². The Morgan fingerprint density at radius 2 is 2.16 bits per heavy atom. The van der Waals surface area contributed by atoms with Crippen LogP contribution in [0.5, 0.6) is 0 Å². The van der Waals surface area contributed by atoms with Crippen molar-refractivity contribution in [1.82, 2.24) is 0 Å². The molecule has 0 saturated heterocycles. The lowest BCUT2D eigenvalue weighted by Crippen LogP contribution is -2.27. The molecule has 0 fully saturated rings. The molecule has 3 nitrogen and oxygen atoms in total. The van der Waals surface area contributed by atoms with Crippen LogP contribution in [0.2, 0.25) is 0 Å². The summed E-state index contributed by atoms with van der Waals surface area (Å²) in [6, 6.07) is 4.35. The van der Waals surface area contributed by atoms with Crippen molar-refractivity contribution in [2.45, 2.75) is 26.4 Å². The molecule has 1 rings (SSSR count). The molecule has 5 heteroatoms. The van der Waals surface area contributed by atoms with E-state index in [2.05, 4.69) is 33.1 Å². The molecule has 0 unspecified atom stereocenters. The van der Waals surface area contributed by atoms with Crippen LogP contribution in [0.1, 0.15) is 26.3 Å². The Morgan fingerprint density at radius 3 is 2.68 bits per heavy atom. The number of ether oxygens (including phenoxy) is 1. The van der Waals surface area contributed by atoms with Crippen molar-refractivity contribution in [2.24, 2.45) is 0 Å². The van der Waals surface area contributed by atoms with E-state index >= 15 is 0 Å². The molecule has 0 spiro atoms. The van der Waals surface area contributed by atoms with Gasteiger partial charge in [-0.05, 0) is 39.0 Å². The Bertz CT molecular complexity index is 526. The van der Waals surface area contributed by atoms with Crippen molar-refractivity contribution in [3.8, 4) is 11.8 Å². The van der Waals surface area contributed by atoms with Crippen LogP contribution in [0.25, 0.3) is 0 Å². The van der Waals surface area contributed by atoms with Crippen molar-refractivity contribution in [2.75, 3.05) is 10.6 Å². The van der Waals surface area contributed by atoms with Crippen molar-refractivity contribution < 1.29 is 13.9 Å². The quantitative estimate of drug-likeness (QED) is 0.627. The second-order valence-electron chi connectivity index (χ2n) is 4.76. The molecule has 1 amide bonds. The summed E-state index contributed by atoms with van der Waals surface area (Å²) >= 11 is 3.16. The average molecular weight is 328 g/mol. The van der Waals surface area contributed by atoms with Gasteiger partial charge in [0.1, 0.15) is 11.4 Å². The summed E-state index contributed by atoms with van der Waals surface area (Å²) < 4.78 is 18.8. The zero-order chi connectivity index (χ0) is 14.5. The Balaban J connectivity index is 2.78. The van der Waals surface area contributed by atoms with E-state index in [0.29, 0.717) is 10.9 Å². The molecule has 0 aliphatic rings. The van der Waals surface area contributed by atoms with E-state index in [9.17, 15) is 9.18 Å². The molecule has 0 radical (unpaired) electrons. The number of nitrogens with one attached hydrogen (secondary N) is 1. The van der Waals surface area contributed by atoms with Gasteiger partial charge < -0.3 is 4.74 Å². The fourth-order valence-corrected chi connectivity index (χ4v) is 1.38. The number of benzene rings is 1. The summed E-state index contributed by atoms with van der Waals surface area (Å²) in [5.41, 5.74) is -0.00712. The molecule has 0 aliphatic carbocycles. The highest BCUT2D eigenvalue weighted by Gasteiger charge is 2.17. The molecule has 0 heterocycles. The number of carbonyl (C=O) groups excluding carboxylic acids is 1. The average Bonchev–Trinajstić information content (AvgIpc) is 2.27. The highest BCUT2D eigenvalue weighted by molar-refractivity contribution is 9.09. The highest BCUT2D eigenvalue weighted by atomic mass is 79.9. The highest BCUT2D eigenvalue weighted by Crippen LogP contribution is 2.17. The minimum absolute atomic E-state index is 0.0682. The fourth-order valence-electron chi connectivity index (χ4n) is 1.24. The van der Waals surface area contributed by atoms with Crippen LogP contribution in [0.15, 0.2) is 18.2 Å². The first-order valence-electron chi connectivity index (χ1n) is 5.66. The van der Waals surface area contributed by atoms with Gasteiger partial charge in [-0.15, -0.1) is 0 Å². The van der Waals surface area contributed by atoms with Gasteiger partial charge in [-0.1, -0.05) is 27.8 Å². The third-order valence-electron chi connectivity index (χ3n) is 1.90. The summed E-state index contributed by atoms with van der Waals surface area (Å²) in [5, 5.41) is 2.88. The minimum atomic E-state index is -0.689. The molecule has 0 aromatic heterocycles. The maximum absolute atomic E-state index is 13.7. The molecule has 1 aromatic rings. The first-order chi connectivity index (χ1) is 8.81. The molecular formula is C14H15BrFNO2. The predicted octanol–water partition coefficient (Wildman–Crippen LogP) is 3.92. The van der Waals surface area contributed by atoms with Crippen molar-refractivity contribution in [3.63, 3.8) is 0 Å². The number of amides is 1. The van der Waals surface area contributed by atoms with E-state index in [4.69, 9.17) is 4.74 Å². The molecule has 102 valence electrons. The van der Waals surface area contributed by atoms with Gasteiger partial charge in [-0.3, -0.25) is 5.32 Å². The number of halogens is 2. The van der Waals surface area contributed by atoms with Crippen molar-refractivity contribution >= 4 is 27.7 Å². The van der Waals surface area contributed by atoms with Crippen molar-refractivity contribution in [1.29, 1.82) is 0 Å². The fraction of sp³-hybridized carbons (Fsp3) is 0.357. The minimum Gasteiger partial charge on any atom is -0.444 e. The largest absolute Gasteiger partial charge is 0.444 e. The van der Waals surface area contributed by atoms with Gasteiger partial charge in [0.25, 0.3) is 0 Å². The van der Waals surface area contributed by atoms with Gasteiger partial charge in [0.05, 0.1) is 11.0 Å². The summed E-state index contributed by atoms with van der Waals surface area (Å²) in [5.74, 6) is 5.00. The Morgan fingerprint density at radius 1 is 1.47 bits per heavy atom. The summed E-state index contributed by atoms with van der Waals surface area (Å²) in [7, 11) is 0. The third-order valence-corrected chi connectivity index (χ3v) is 2.18. The maximum atomic E-state index is 13.7. The molecule has 0 atom stereocenters. The normalized spacial score (nSPS) is 10.4. The van der Waals surface area contributed by atoms with Gasteiger partial charge in [-0.25, -0.2) is 9.18 Å². The first kappa shape index (κ1) is 15.5. The van der Waals surface area contributed by atoms with E-state index in [1.54, 1.807) is 26.8 Å². The summed E-state index contributed by atoms with van der Waals surface area (Å²) in [6.07, 6.45) is -0.689. The lowest BCUT2D eigenvalue weighted by Gasteiger charge is -2.19. The lowest BCUT2D eigenvalue weighted by molar-refractivity contribution is 0.0635. The second-order valence-corrected chi connectivity index (χ2v) is 5.32. The topological polar surface area (TPSA) is 38.3 Å². The van der Waals surface area contributed by atoms with E-state index in [-0.39, 0.29) is 5.69 Å². The van der Waals surface area contributed by atoms with Gasteiger partial charge in [0, 0.05) is 5.56 Å². The van der Waals surface area contributed by atoms with Crippen LogP contribution in [0.4, 0.5) is 14.9 Å². The maximum Gasteiger partial charge on any atom is 0.412 e. The van der Waals surface area contributed by atoms with Crippen molar-refractivity contribution in [3.05, 3.63) is 29.6 Å². The molecule has 0 bridgehead atoms. The van der Waals surface area contributed by atoms with Crippen LogP contribution in [-0.2, 0) is 4.74 Å². The number of hydrogen-bond donors (Lipinski definition) is 1. The van der Waals surface area contributed by atoms with Crippen LogP contribution in [0.3, 0.4) is 0 Å². The standard InChI is InChI=1S/C14H15BrFNO2/c1-14(2,3)19-13(18)17-12-7-6-10(5-4-8-15)9-11(12)16/h6-7,9H,8H2,1-3H3,(H,17,18). The lowest BCUT2D eigenvalue weighted by atomic mass is 10.2. The number of alkyl halides is 1. The Labute approximate surface area is 120 Å². The third kappa shape index (κ3) is 5.75. The molecular weight excluding hydrogens is 313 g/mol. The zero-order valence-corrected chi connectivity index (χ0v) is 12.6. The van der Waals surface area contributed by atoms with E-state index in [1.807, 2.05) is 0 Å². The Hall–Kier alpha value is -1.54. The number of rotatable bonds is 1. The van der Waals surface area contributed by atoms with E-state index in [0.717, 1.165) is 0 Å². The van der Waals surface area contributed by atoms with E-state index in [1.165, 1.54) is 12.1 Å². The number of carbonyl (C=O) groups is 1. The zero-order valence-electron chi connectivity index (χ0n) is 11.0. The Kier molecular flexibility index (Phi) is 5.37. The first-order valence-corrected chi connectivity index (χ1v) is 6.78. The van der Waals surface area contributed by atoms with Crippen LogP contribution >= 0.6 is 15.9 Å². The van der Waals surface area contributed by atoms with Crippen LogP contribution in [0, 0.1) is 17.7 Å². The molecule has 19 heavy (non-hydrogen) atoms. The van der Waals surface area contributed by atoms with Crippen LogP contribution < -0.4 is 5.32 Å². The van der Waals surface area contributed by atoms with Gasteiger partial charge >= 0.3 is 6.09 Å². The molecule has 0 aliphatic heterocycles. The SMILES string of the molecule is CC(C)(C)OC(=O)Nc1ccc(C#CCBr)cc1F. The smallest absolute Gasteiger partial charge is 0.412 e. The van der Waals surface area contributed by atoms with Gasteiger partial charge in [0.2, 0.25) is 0 Å². The molecule has 0 saturated carbocycles. The molecule has 1 N–H and O–H groups in total. The monoisotopic (exact) mass is 327 g/mol.